The number of fused-ring (bicyclic) bond motifs is 2. The van der Waals surface area contributed by atoms with E-state index in [-0.39, 0.29) is 11.2 Å². The van der Waals surface area contributed by atoms with Gasteiger partial charge in [-0.2, -0.15) is 0 Å². The summed E-state index contributed by atoms with van der Waals surface area (Å²) in [5, 5.41) is 1.37. The number of Topliss-reactive ketones (excluding diaryl/α,β-unsaturated/α-hetero) is 1. The Morgan fingerprint density at radius 2 is 1.65 bits per heavy atom. The zero-order chi connectivity index (χ0) is 18.3. The topological polar surface area (TPSA) is 37.4 Å². The molecule has 0 N–H and O–H groups in total. The second-order valence-electron chi connectivity index (χ2n) is 7.57. The van der Waals surface area contributed by atoms with Crippen LogP contribution in [0, 0.1) is 0 Å². The number of hydrogen-bond donors (Lipinski definition) is 0. The fraction of sp³-hybridized carbons (Fsp3) is 0.364. The van der Waals surface area contributed by atoms with E-state index in [1.807, 2.05) is 50.2 Å². The van der Waals surface area contributed by atoms with Gasteiger partial charge in [-0.15, -0.1) is 11.3 Å². The van der Waals surface area contributed by atoms with E-state index >= 15 is 0 Å². The maximum atomic E-state index is 13.2. The van der Waals surface area contributed by atoms with Gasteiger partial charge in [0.15, 0.2) is 11.2 Å². The van der Waals surface area contributed by atoms with E-state index in [0.717, 1.165) is 40.7 Å². The second kappa shape index (κ2) is 6.60. The molecule has 1 aromatic heterocycles. The highest BCUT2D eigenvalue weighted by atomic mass is 32.1. The van der Waals surface area contributed by atoms with Crippen molar-refractivity contribution in [1.82, 2.24) is 4.90 Å². The maximum absolute atomic E-state index is 13.2. The molecule has 134 valence electrons. The lowest BCUT2D eigenvalue weighted by molar-refractivity contribution is 0.0579. The van der Waals surface area contributed by atoms with E-state index in [2.05, 4.69) is 4.90 Å². The number of hydrogen-bond acceptors (Lipinski definition) is 4. The Balaban J connectivity index is 1.79. The third kappa shape index (κ3) is 2.87. The quantitative estimate of drug-likeness (QED) is 0.491. The smallest absolute Gasteiger partial charge is 0.195 e. The van der Waals surface area contributed by atoms with Crippen molar-refractivity contribution in [2.75, 3.05) is 13.1 Å². The van der Waals surface area contributed by atoms with Crippen molar-refractivity contribution in [3.8, 4) is 0 Å². The number of benzene rings is 2. The van der Waals surface area contributed by atoms with Crippen LogP contribution in [-0.2, 0) is 0 Å². The zero-order valence-corrected chi connectivity index (χ0v) is 16.1. The molecule has 2 heterocycles. The van der Waals surface area contributed by atoms with Crippen LogP contribution in [-0.4, -0.2) is 29.3 Å². The first kappa shape index (κ1) is 17.4. The summed E-state index contributed by atoms with van der Waals surface area (Å²) in [6, 6.07) is 13.3. The highest BCUT2D eigenvalue weighted by molar-refractivity contribution is 7.24. The summed E-state index contributed by atoms with van der Waals surface area (Å²) in [6.45, 7) is 5.94. The summed E-state index contributed by atoms with van der Waals surface area (Å²) in [5.41, 5.74) is 0.102. The average molecular weight is 365 g/mol. The summed E-state index contributed by atoms with van der Waals surface area (Å²) in [4.78, 5) is 28.4. The molecule has 0 saturated carbocycles. The Hall–Kier alpha value is -2.04. The molecule has 4 rings (SSSR count). The molecule has 2 aromatic carbocycles. The van der Waals surface area contributed by atoms with Crippen molar-refractivity contribution in [3.63, 3.8) is 0 Å². The Labute approximate surface area is 157 Å². The van der Waals surface area contributed by atoms with Gasteiger partial charge in [-0.1, -0.05) is 18.6 Å². The normalized spacial score (nSPS) is 16.2. The Morgan fingerprint density at radius 1 is 0.962 bits per heavy atom. The molecule has 0 radical (unpaired) electrons. The average Bonchev–Trinajstić information content (AvgIpc) is 2.68. The first-order valence-corrected chi connectivity index (χ1v) is 10.1. The minimum Gasteiger partial charge on any atom is -0.292 e. The van der Waals surface area contributed by atoms with Gasteiger partial charge in [0.1, 0.15) is 0 Å². The van der Waals surface area contributed by atoms with Gasteiger partial charge in [-0.05, 0) is 70.1 Å². The molecule has 3 nitrogen and oxygen atoms in total. The van der Waals surface area contributed by atoms with Crippen LogP contribution in [0.5, 0.6) is 0 Å². The summed E-state index contributed by atoms with van der Waals surface area (Å²) in [6.07, 6.45) is 3.53. The van der Waals surface area contributed by atoms with Gasteiger partial charge in [0.2, 0.25) is 0 Å². The molecule has 26 heavy (non-hydrogen) atoms. The summed E-state index contributed by atoms with van der Waals surface area (Å²) in [7, 11) is 0. The van der Waals surface area contributed by atoms with Gasteiger partial charge in [-0.3, -0.25) is 14.5 Å². The molecule has 0 amide bonds. The first-order valence-electron chi connectivity index (χ1n) is 9.24. The van der Waals surface area contributed by atoms with Gasteiger partial charge >= 0.3 is 0 Å². The first-order chi connectivity index (χ1) is 12.5. The molecular weight excluding hydrogens is 342 g/mol. The molecule has 3 aromatic rings. The molecule has 1 saturated heterocycles. The van der Waals surface area contributed by atoms with Crippen LogP contribution in [0.1, 0.15) is 43.5 Å². The molecule has 0 spiro atoms. The molecule has 1 aliphatic heterocycles. The highest BCUT2D eigenvalue weighted by Crippen LogP contribution is 2.28. The Bertz CT molecular complexity index is 1040. The Kier molecular flexibility index (Phi) is 4.41. The summed E-state index contributed by atoms with van der Waals surface area (Å²) in [5.74, 6) is 0.0962. The van der Waals surface area contributed by atoms with Crippen molar-refractivity contribution in [2.24, 2.45) is 0 Å². The van der Waals surface area contributed by atoms with Gasteiger partial charge in [0, 0.05) is 25.7 Å². The third-order valence-corrected chi connectivity index (χ3v) is 6.69. The minimum absolute atomic E-state index is 0.0137. The number of ketones is 1. The summed E-state index contributed by atoms with van der Waals surface area (Å²) >= 11 is 1.60. The predicted octanol–water partition coefficient (Wildman–Crippen LogP) is 4.86. The maximum Gasteiger partial charge on any atom is 0.195 e. The van der Waals surface area contributed by atoms with E-state index in [1.165, 1.54) is 6.42 Å². The lowest BCUT2D eigenvalue weighted by Gasteiger charge is -2.39. The number of nitrogens with zero attached hydrogens (tertiary/aromatic N) is 1. The zero-order valence-electron chi connectivity index (χ0n) is 15.2. The second-order valence-corrected chi connectivity index (χ2v) is 8.66. The van der Waals surface area contributed by atoms with E-state index < -0.39 is 5.54 Å². The standard InChI is InChI=1S/C22H23NO2S/c1-22(2,23-12-6-3-7-13-23)21(25)15-10-11-19-17(14-15)20(24)16-8-4-5-9-18(16)26-19/h4-5,8-11,14H,3,6-7,12-13H2,1-2H3. The lowest BCUT2D eigenvalue weighted by atomic mass is 9.89. The van der Waals surface area contributed by atoms with Crippen molar-refractivity contribution < 1.29 is 4.79 Å². The minimum atomic E-state index is -0.544. The Morgan fingerprint density at radius 3 is 2.42 bits per heavy atom. The molecule has 4 heteroatoms. The molecule has 1 fully saturated rings. The third-order valence-electron chi connectivity index (χ3n) is 5.54. The SMILES string of the molecule is CC(C)(C(=O)c1ccc2sc3ccccc3c(=O)c2c1)N1CCCCC1. The number of carbonyl (C=O) groups excluding carboxylic acids is 1. The predicted molar refractivity (Wildman–Crippen MR) is 109 cm³/mol. The van der Waals surface area contributed by atoms with E-state index in [1.54, 1.807) is 17.4 Å². The van der Waals surface area contributed by atoms with Crippen molar-refractivity contribution in [3.05, 3.63) is 58.3 Å². The molecule has 1 aliphatic rings. The molecule has 0 bridgehead atoms. The molecule has 0 unspecified atom stereocenters. The van der Waals surface area contributed by atoms with Gasteiger partial charge < -0.3 is 0 Å². The fourth-order valence-corrected chi connectivity index (χ4v) is 4.95. The van der Waals surface area contributed by atoms with Crippen LogP contribution in [0.3, 0.4) is 0 Å². The van der Waals surface area contributed by atoms with Crippen molar-refractivity contribution in [1.29, 1.82) is 0 Å². The van der Waals surface area contributed by atoms with Crippen LogP contribution >= 0.6 is 11.3 Å². The van der Waals surface area contributed by atoms with Crippen LogP contribution in [0.2, 0.25) is 0 Å². The number of piperidine rings is 1. The number of carbonyl (C=O) groups is 1. The van der Waals surface area contributed by atoms with Crippen LogP contribution in [0.4, 0.5) is 0 Å². The van der Waals surface area contributed by atoms with E-state index in [9.17, 15) is 9.59 Å². The van der Waals surface area contributed by atoms with E-state index in [0.29, 0.717) is 10.9 Å². The van der Waals surface area contributed by atoms with Crippen LogP contribution in [0.15, 0.2) is 47.3 Å². The highest BCUT2D eigenvalue weighted by Gasteiger charge is 2.35. The monoisotopic (exact) mass is 365 g/mol. The molecule has 0 atom stereocenters. The van der Waals surface area contributed by atoms with Crippen molar-refractivity contribution >= 4 is 37.3 Å². The van der Waals surface area contributed by atoms with Gasteiger partial charge in [0.05, 0.1) is 5.54 Å². The largest absolute Gasteiger partial charge is 0.292 e. The number of rotatable bonds is 3. The van der Waals surface area contributed by atoms with Crippen LogP contribution < -0.4 is 5.43 Å². The van der Waals surface area contributed by atoms with Gasteiger partial charge in [0.25, 0.3) is 0 Å². The molecular formula is C22H23NO2S. The molecule has 0 aliphatic carbocycles. The van der Waals surface area contributed by atoms with Gasteiger partial charge in [-0.25, -0.2) is 0 Å². The summed E-state index contributed by atoms with van der Waals surface area (Å²) < 4.78 is 1.92. The van der Waals surface area contributed by atoms with Crippen LogP contribution in [0.25, 0.3) is 20.2 Å². The lowest BCUT2D eigenvalue weighted by Crippen LogP contribution is -2.52. The fourth-order valence-electron chi connectivity index (χ4n) is 3.89. The number of likely N-dealkylation sites (tertiary alicyclic amines) is 1. The van der Waals surface area contributed by atoms with Crippen molar-refractivity contribution in [2.45, 2.75) is 38.6 Å². The van der Waals surface area contributed by atoms with E-state index in [4.69, 9.17) is 0 Å².